The first-order valence-corrected chi connectivity index (χ1v) is 34.2. The topological polar surface area (TPSA) is 157 Å². The van der Waals surface area contributed by atoms with Gasteiger partial charge in [0.2, 0.25) is 0 Å². The van der Waals surface area contributed by atoms with Crippen LogP contribution in [0.3, 0.4) is 0 Å². The zero-order valence-electron chi connectivity index (χ0n) is 48.9. The molecular weight excluding hydrogens is 1170 g/mol. The zero-order valence-corrected chi connectivity index (χ0v) is 52.5. The van der Waals surface area contributed by atoms with Crippen LogP contribution in [0.25, 0.3) is 66.5 Å². The maximum atomic E-state index is 13.6. The molecule has 5 N–H and O–H groups in total. The standard InChI is InChI=1S/C21H16FN3O.C20H23FN2O2Si.C19H22BrFN2Si.C7H9N.CH4/c22-17-8-4-7-15(9-17)16-10-18-19(13-24-20(18)23-12-16)21(26)25-11-14-5-2-1-3-6-14;1-20(2,3)26(4,5)23-12-17(19(24)25)16-10-14(11-22-18(16)23)13-7-6-8-15(21)9-13;1-19(2,3)24(4,5)23-12-17(20)16-10-14(11-22-18(16)23)13-7-6-8-15(21)9-13;8-6-7-4-2-1-3-5-7;/h1-10,12-13H,11H2,(H,23,24)(H,25,26);6-12H,1-5H3,(H,24,25);6-12H,1-5H3;1-5H,6,8H2;1H4. The highest BCUT2D eigenvalue weighted by atomic mass is 79.9. The number of hydrogen-bond acceptors (Lipinski definition) is 6. The molecule has 0 bridgehead atoms. The number of fused-ring (bicyclic) bond motifs is 3. The molecule has 0 aliphatic rings. The average molecular weight is 1240 g/mol. The van der Waals surface area contributed by atoms with E-state index in [9.17, 15) is 27.9 Å². The van der Waals surface area contributed by atoms with Crippen LogP contribution in [-0.2, 0) is 13.1 Å². The molecule has 0 saturated heterocycles. The van der Waals surface area contributed by atoms with Gasteiger partial charge in [0.15, 0.2) is 16.5 Å². The summed E-state index contributed by atoms with van der Waals surface area (Å²) in [5, 5.41) is 15.2. The van der Waals surface area contributed by atoms with Crippen LogP contribution in [0, 0.1) is 17.5 Å². The Labute approximate surface area is 506 Å². The predicted molar refractivity (Wildman–Crippen MR) is 350 cm³/mol. The maximum Gasteiger partial charge on any atom is 0.337 e. The number of carbonyl (C=O) groups is 2. The molecule has 0 saturated carbocycles. The summed E-state index contributed by atoms with van der Waals surface area (Å²) in [7, 11) is -3.81. The summed E-state index contributed by atoms with van der Waals surface area (Å²) < 4.78 is 46.0. The maximum absolute atomic E-state index is 13.6. The number of hydrogen-bond donors (Lipinski definition) is 4. The average Bonchev–Trinajstić information content (AvgIpc) is 2.11. The van der Waals surface area contributed by atoms with Crippen molar-refractivity contribution in [3.8, 4) is 33.4 Å². The second-order valence-electron chi connectivity index (χ2n) is 23.6. The monoisotopic (exact) mass is 1240 g/mol. The largest absolute Gasteiger partial charge is 0.478 e. The Balaban J connectivity index is 0.000000170. The van der Waals surface area contributed by atoms with Crippen LogP contribution in [0.1, 0.15) is 80.8 Å². The Morgan fingerprint density at radius 1 is 0.565 bits per heavy atom. The summed E-state index contributed by atoms with van der Waals surface area (Å²) in [4.78, 5) is 41.1. The molecule has 0 unspecified atom stereocenters. The Morgan fingerprint density at radius 3 is 1.42 bits per heavy atom. The second kappa shape index (κ2) is 26.8. The summed E-state index contributed by atoms with van der Waals surface area (Å²) in [6.07, 6.45) is 10.7. The van der Waals surface area contributed by atoms with E-state index in [1.165, 1.54) is 35.9 Å². The third-order valence-electron chi connectivity index (χ3n) is 16.0. The van der Waals surface area contributed by atoms with E-state index in [0.29, 0.717) is 51.8 Å². The lowest BCUT2D eigenvalue weighted by molar-refractivity contribution is 0.0698. The molecule has 85 heavy (non-hydrogen) atoms. The van der Waals surface area contributed by atoms with Crippen molar-refractivity contribution < 1.29 is 27.9 Å². The van der Waals surface area contributed by atoms with Gasteiger partial charge in [-0.25, -0.2) is 32.9 Å². The van der Waals surface area contributed by atoms with Gasteiger partial charge in [-0.1, -0.05) is 172 Å². The lowest BCUT2D eigenvalue weighted by Gasteiger charge is -2.38. The van der Waals surface area contributed by atoms with Crippen molar-refractivity contribution in [2.45, 2.75) is 98.3 Å². The molecule has 11 aromatic rings. The highest BCUT2D eigenvalue weighted by Gasteiger charge is 2.40. The molecule has 0 fully saturated rings. The molecule has 11 rings (SSSR count). The van der Waals surface area contributed by atoms with Crippen molar-refractivity contribution >= 4 is 77.4 Å². The summed E-state index contributed by atoms with van der Waals surface area (Å²) in [5.74, 6) is -2.04. The van der Waals surface area contributed by atoms with Crippen molar-refractivity contribution in [3.05, 3.63) is 233 Å². The minimum absolute atomic E-state index is 0. The molecule has 0 aliphatic carbocycles. The van der Waals surface area contributed by atoms with Gasteiger partial charge in [-0.15, -0.1) is 0 Å². The number of aromatic amines is 1. The van der Waals surface area contributed by atoms with Gasteiger partial charge in [-0.3, -0.25) is 4.79 Å². The Bertz CT molecular complexity index is 4120. The second-order valence-corrected chi connectivity index (χ2v) is 34.6. The number of carbonyl (C=O) groups excluding carboxylic acids is 1. The van der Waals surface area contributed by atoms with E-state index >= 15 is 0 Å². The minimum atomic E-state index is -2.05. The molecule has 17 heteroatoms. The van der Waals surface area contributed by atoms with Gasteiger partial charge in [-0.05, 0) is 108 Å². The molecule has 5 aromatic carbocycles. The number of carboxylic acid groups (broad SMARTS) is 1. The fourth-order valence-corrected chi connectivity index (χ4v) is 13.5. The normalized spacial score (nSPS) is 11.6. The number of halogens is 4. The summed E-state index contributed by atoms with van der Waals surface area (Å²) >= 11 is 3.69. The number of nitrogens with zero attached hydrogens (tertiary/aromatic N) is 5. The van der Waals surface area contributed by atoms with E-state index in [2.05, 4.69) is 125 Å². The van der Waals surface area contributed by atoms with E-state index < -0.39 is 22.4 Å². The van der Waals surface area contributed by atoms with E-state index in [0.717, 1.165) is 43.3 Å². The van der Waals surface area contributed by atoms with Crippen molar-refractivity contribution in [2.75, 3.05) is 0 Å². The molecular formula is C68H74BrF3N8O3Si2. The lowest BCUT2D eigenvalue weighted by atomic mass is 10.1. The van der Waals surface area contributed by atoms with Crippen LogP contribution in [0.4, 0.5) is 13.2 Å². The molecule has 11 nitrogen and oxygen atoms in total. The first-order valence-electron chi connectivity index (χ1n) is 27.5. The lowest BCUT2D eigenvalue weighted by Crippen LogP contribution is -2.45. The Kier molecular flexibility index (Phi) is 20.3. The van der Waals surface area contributed by atoms with Crippen molar-refractivity contribution in [1.29, 1.82) is 0 Å². The first-order chi connectivity index (χ1) is 39.8. The summed E-state index contributed by atoms with van der Waals surface area (Å²) in [6.45, 7) is 23.6. The number of aromatic carboxylic acids is 1. The summed E-state index contributed by atoms with van der Waals surface area (Å²) in [6, 6.07) is 44.6. The van der Waals surface area contributed by atoms with Gasteiger partial charge in [0.25, 0.3) is 5.91 Å². The molecule has 6 aromatic heterocycles. The number of pyridine rings is 3. The van der Waals surface area contributed by atoms with E-state index in [1.807, 2.05) is 85.1 Å². The molecule has 1 amide bonds. The quantitative estimate of drug-likeness (QED) is 0.0993. The van der Waals surface area contributed by atoms with Crippen LogP contribution in [-0.4, -0.2) is 61.9 Å². The number of benzene rings is 5. The van der Waals surface area contributed by atoms with Crippen LogP contribution in [0.5, 0.6) is 0 Å². The van der Waals surface area contributed by atoms with Gasteiger partial charge < -0.3 is 29.6 Å². The zero-order chi connectivity index (χ0) is 60.7. The van der Waals surface area contributed by atoms with Crippen molar-refractivity contribution in [2.24, 2.45) is 5.73 Å². The highest BCUT2D eigenvalue weighted by Crippen LogP contribution is 2.42. The highest BCUT2D eigenvalue weighted by molar-refractivity contribution is 9.10. The fraction of sp³-hybridized carbons (Fsp3) is 0.221. The van der Waals surface area contributed by atoms with Crippen LogP contribution < -0.4 is 11.1 Å². The minimum Gasteiger partial charge on any atom is -0.478 e. The number of amides is 1. The number of nitrogens with two attached hydrogens (primary N) is 1. The molecule has 6 heterocycles. The third kappa shape index (κ3) is 14.8. The van der Waals surface area contributed by atoms with E-state index in [1.54, 1.807) is 61.2 Å². The Morgan fingerprint density at radius 2 is 0.988 bits per heavy atom. The van der Waals surface area contributed by atoms with E-state index in [4.69, 9.17) is 10.7 Å². The number of H-pyrrole nitrogens is 1. The molecule has 0 spiro atoms. The van der Waals surface area contributed by atoms with Gasteiger partial charge >= 0.3 is 5.97 Å². The van der Waals surface area contributed by atoms with Gasteiger partial charge in [-0.2, -0.15) is 0 Å². The summed E-state index contributed by atoms with van der Waals surface area (Å²) in [5.41, 5.74) is 15.2. The fourth-order valence-electron chi connectivity index (χ4n) is 9.08. The smallest absolute Gasteiger partial charge is 0.337 e. The molecule has 0 atom stereocenters. The number of nitrogens with one attached hydrogen (secondary N) is 2. The van der Waals surface area contributed by atoms with Crippen LogP contribution in [0.2, 0.25) is 36.3 Å². The first kappa shape index (κ1) is 64.3. The SMILES string of the molecule is C.CC(C)(C)[Si](C)(C)n1cc(Br)c2cc(-c3cccc(F)c3)cnc21.CC(C)(C)[Si](C)(C)n1cc(C(=O)O)c2cc(-c3cccc(F)c3)cnc21.NCc1ccccc1.O=C(NCc1ccccc1)c1c[nH]c2ncc(-c3cccc(F)c3)cc12. The third-order valence-corrected chi connectivity index (χ3v) is 27.0. The number of aromatic nitrogens is 6. The molecule has 0 aliphatic heterocycles. The van der Waals surface area contributed by atoms with Crippen molar-refractivity contribution in [1.82, 2.24) is 33.7 Å². The Hall–Kier alpha value is -8.23. The van der Waals surface area contributed by atoms with E-state index in [-0.39, 0.29) is 46.4 Å². The number of carboxylic acids is 1. The van der Waals surface area contributed by atoms with Gasteiger partial charge in [0.1, 0.15) is 34.4 Å². The number of rotatable bonds is 10. The predicted octanol–water partition coefficient (Wildman–Crippen LogP) is 17.9. The molecule has 440 valence electrons. The van der Waals surface area contributed by atoms with Gasteiger partial charge in [0.05, 0.1) is 11.1 Å². The van der Waals surface area contributed by atoms with Crippen LogP contribution in [0.15, 0.2) is 193 Å². The molecule has 0 radical (unpaired) electrons. The van der Waals surface area contributed by atoms with Gasteiger partial charge in [0, 0.05) is 87.6 Å². The van der Waals surface area contributed by atoms with Crippen molar-refractivity contribution in [3.63, 3.8) is 0 Å². The van der Waals surface area contributed by atoms with Crippen LogP contribution >= 0.6 is 15.9 Å².